The molecule has 0 radical (unpaired) electrons. The van der Waals surface area contributed by atoms with E-state index in [4.69, 9.17) is 15.8 Å². The van der Waals surface area contributed by atoms with E-state index < -0.39 is 0 Å². The highest BCUT2D eigenvalue weighted by Gasteiger charge is 2.09. The van der Waals surface area contributed by atoms with E-state index in [0.717, 1.165) is 0 Å². The minimum absolute atomic E-state index is 0.127. The summed E-state index contributed by atoms with van der Waals surface area (Å²) in [5.74, 6) is -0.280. The summed E-state index contributed by atoms with van der Waals surface area (Å²) in [6.07, 6.45) is 0. The molecule has 1 aromatic carbocycles. The number of anilines is 2. The number of nitrogens with zero attached hydrogens (tertiary/aromatic N) is 3. The molecule has 0 aliphatic heterocycles. The molecule has 104 valence electrons. The lowest BCUT2D eigenvalue weighted by Crippen LogP contribution is -2.17. The predicted octanol–water partition coefficient (Wildman–Crippen LogP) is 2.52. The van der Waals surface area contributed by atoms with Gasteiger partial charge in [-0.15, -0.1) is 0 Å². The fraction of sp³-hybridized carbons (Fsp3) is 0.200. The monoisotopic (exact) mass is 279 g/mol. The Morgan fingerprint density at radius 1 is 1.05 bits per heavy atom. The Hall–Kier alpha value is -3.30. The van der Waals surface area contributed by atoms with Crippen molar-refractivity contribution in [3.8, 4) is 18.2 Å². The molecule has 0 atom stereocenters. The van der Waals surface area contributed by atoms with E-state index in [1.54, 1.807) is 56.3 Å². The van der Waals surface area contributed by atoms with Crippen LogP contribution in [0.1, 0.15) is 13.8 Å². The summed E-state index contributed by atoms with van der Waals surface area (Å²) in [7, 11) is 0. The highest BCUT2D eigenvalue weighted by Crippen LogP contribution is 2.18. The van der Waals surface area contributed by atoms with Crippen LogP contribution < -0.4 is 10.6 Å². The first kappa shape index (κ1) is 15.8. The molecule has 0 aliphatic carbocycles. The number of carbonyl (C=O) groups excluding carboxylic acids is 1. The van der Waals surface area contributed by atoms with Crippen LogP contribution in [0.25, 0.3) is 0 Å². The number of carbonyl (C=O) groups is 1. The molecule has 0 fully saturated rings. The van der Waals surface area contributed by atoms with Gasteiger partial charge in [0.15, 0.2) is 5.57 Å². The van der Waals surface area contributed by atoms with Crippen LogP contribution in [0, 0.1) is 39.9 Å². The molecule has 6 nitrogen and oxygen atoms in total. The Kier molecular flexibility index (Phi) is 5.50. The van der Waals surface area contributed by atoms with Crippen LogP contribution in [0.4, 0.5) is 11.4 Å². The van der Waals surface area contributed by atoms with Crippen LogP contribution in [0.2, 0.25) is 0 Å². The summed E-state index contributed by atoms with van der Waals surface area (Å²) in [6.45, 7) is 3.56. The van der Waals surface area contributed by atoms with Gasteiger partial charge in [0.2, 0.25) is 5.91 Å². The van der Waals surface area contributed by atoms with Crippen molar-refractivity contribution < 1.29 is 4.79 Å². The number of hydrogen-bond acceptors (Lipinski definition) is 5. The normalized spacial score (nSPS) is 8.95. The molecule has 0 saturated carbocycles. The number of nitriles is 3. The van der Waals surface area contributed by atoms with Crippen LogP contribution in [0.5, 0.6) is 0 Å². The number of hydrogen-bond donors (Lipinski definition) is 2. The molecule has 21 heavy (non-hydrogen) atoms. The topological polar surface area (TPSA) is 112 Å². The number of benzene rings is 1. The maximum Gasteiger partial charge on any atom is 0.226 e. The van der Waals surface area contributed by atoms with Gasteiger partial charge in [0.1, 0.15) is 23.9 Å². The minimum Gasteiger partial charge on any atom is -0.345 e. The Labute approximate surface area is 122 Å². The number of nitrogens with one attached hydrogen (secondary N) is 2. The van der Waals surface area contributed by atoms with Gasteiger partial charge in [-0.3, -0.25) is 4.79 Å². The quantitative estimate of drug-likeness (QED) is 0.822. The standard InChI is InChI=1S/C15H13N5O/c1-10(2)15(21)20-13-5-3-4-12(6-13)19-14(9-18)11(7-16)8-17/h3-6,10,19H,1-2H3,(H,20,21). The zero-order valence-corrected chi connectivity index (χ0v) is 11.6. The molecular formula is C15H13N5O. The third-order valence-corrected chi connectivity index (χ3v) is 2.51. The second-order valence-corrected chi connectivity index (χ2v) is 4.44. The van der Waals surface area contributed by atoms with Crippen molar-refractivity contribution in [2.75, 3.05) is 10.6 Å². The third kappa shape index (κ3) is 4.38. The molecule has 0 aromatic heterocycles. The summed E-state index contributed by atoms with van der Waals surface area (Å²) >= 11 is 0. The lowest BCUT2D eigenvalue weighted by atomic mass is 10.2. The van der Waals surface area contributed by atoms with Crippen LogP contribution in [0.3, 0.4) is 0 Å². The minimum atomic E-state index is -0.297. The fourth-order valence-electron chi connectivity index (χ4n) is 1.39. The molecule has 0 bridgehead atoms. The molecule has 6 heteroatoms. The molecule has 1 rings (SSSR count). The highest BCUT2D eigenvalue weighted by atomic mass is 16.1. The molecule has 1 amide bonds. The van der Waals surface area contributed by atoms with Crippen LogP contribution in [-0.2, 0) is 4.79 Å². The fourth-order valence-corrected chi connectivity index (χ4v) is 1.39. The Balaban J connectivity index is 3.00. The molecule has 1 aromatic rings. The summed E-state index contributed by atoms with van der Waals surface area (Å²) in [6, 6.07) is 11.7. The van der Waals surface area contributed by atoms with Crippen LogP contribution in [-0.4, -0.2) is 5.91 Å². The SMILES string of the molecule is CC(C)C(=O)Nc1cccc(NC(C#N)=C(C#N)C#N)c1. The summed E-state index contributed by atoms with van der Waals surface area (Å²) in [4.78, 5) is 11.6. The van der Waals surface area contributed by atoms with Crippen molar-refractivity contribution in [2.45, 2.75) is 13.8 Å². The van der Waals surface area contributed by atoms with Gasteiger partial charge in [-0.25, -0.2) is 0 Å². The average molecular weight is 279 g/mol. The van der Waals surface area contributed by atoms with E-state index in [0.29, 0.717) is 11.4 Å². The Morgan fingerprint density at radius 3 is 2.10 bits per heavy atom. The van der Waals surface area contributed by atoms with Gasteiger partial charge < -0.3 is 10.6 Å². The van der Waals surface area contributed by atoms with Crippen molar-refractivity contribution in [1.82, 2.24) is 0 Å². The zero-order valence-electron chi connectivity index (χ0n) is 11.6. The van der Waals surface area contributed by atoms with Gasteiger partial charge in [0.25, 0.3) is 0 Å². The summed E-state index contributed by atoms with van der Waals surface area (Å²) in [5, 5.41) is 31.9. The molecule has 0 saturated heterocycles. The van der Waals surface area contributed by atoms with Crippen molar-refractivity contribution in [2.24, 2.45) is 5.92 Å². The van der Waals surface area contributed by atoms with E-state index in [1.807, 2.05) is 0 Å². The first-order valence-electron chi connectivity index (χ1n) is 6.14. The largest absolute Gasteiger partial charge is 0.345 e. The Bertz CT molecular complexity index is 682. The molecular weight excluding hydrogens is 266 g/mol. The molecule has 0 unspecified atom stereocenters. The van der Waals surface area contributed by atoms with Gasteiger partial charge in [-0.2, -0.15) is 15.8 Å². The van der Waals surface area contributed by atoms with Crippen molar-refractivity contribution in [3.63, 3.8) is 0 Å². The Morgan fingerprint density at radius 2 is 1.62 bits per heavy atom. The highest BCUT2D eigenvalue weighted by molar-refractivity contribution is 5.92. The first-order chi connectivity index (χ1) is 10.0. The number of rotatable bonds is 4. The van der Waals surface area contributed by atoms with E-state index in [1.165, 1.54) is 0 Å². The third-order valence-electron chi connectivity index (χ3n) is 2.51. The number of allylic oxidation sites excluding steroid dienone is 2. The second-order valence-electron chi connectivity index (χ2n) is 4.44. The second kappa shape index (κ2) is 7.33. The molecule has 2 N–H and O–H groups in total. The van der Waals surface area contributed by atoms with Gasteiger partial charge in [0, 0.05) is 17.3 Å². The van der Waals surface area contributed by atoms with Crippen LogP contribution >= 0.6 is 0 Å². The van der Waals surface area contributed by atoms with Crippen molar-refractivity contribution >= 4 is 17.3 Å². The first-order valence-corrected chi connectivity index (χ1v) is 6.14. The summed E-state index contributed by atoms with van der Waals surface area (Å²) < 4.78 is 0. The predicted molar refractivity (Wildman–Crippen MR) is 77.4 cm³/mol. The van der Waals surface area contributed by atoms with E-state index in [2.05, 4.69) is 10.6 Å². The van der Waals surface area contributed by atoms with Gasteiger partial charge in [-0.05, 0) is 18.2 Å². The van der Waals surface area contributed by atoms with Crippen LogP contribution in [0.15, 0.2) is 35.5 Å². The zero-order chi connectivity index (χ0) is 15.8. The molecule has 0 spiro atoms. The summed E-state index contributed by atoms with van der Waals surface area (Å²) in [5.41, 5.74) is 0.629. The maximum atomic E-state index is 11.6. The smallest absolute Gasteiger partial charge is 0.226 e. The van der Waals surface area contributed by atoms with E-state index >= 15 is 0 Å². The van der Waals surface area contributed by atoms with Gasteiger partial charge in [-0.1, -0.05) is 19.9 Å². The van der Waals surface area contributed by atoms with E-state index in [9.17, 15) is 4.79 Å². The number of amides is 1. The van der Waals surface area contributed by atoms with Gasteiger partial charge >= 0.3 is 0 Å². The molecule has 0 heterocycles. The maximum absolute atomic E-state index is 11.6. The average Bonchev–Trinajstić information content (AvgIpc) is 2.47. The lowest BCUT2D eigenvalue weighted by Gasteiger charge is -2.10. The van der Waals surface area contributed by atoms with Crippen molar-refractivity contribution in [1.29, 1.82) is 15.8 Å². The molecule has 0 aliphatic rings. The van der Waals surface area contributed by atoms with E-state index in [-0.39, 0.29) is 23.1 Å². The lowest BCUT2D eigenvalue weighted by molar-refractivity contribution is -0.118. The van der Waals surface area contributed by atoms with Crippen molar-refractivity contribution in [3.05, 3.63) is 35.5 Å². The van der Waals surface area contributed by atoms with Gasteiger partial charge in [0.05, 0.1) is 0 Å².